The Hall–Kier alpha value is -2.93. The molecule has 0 radical (unpaired) electrons. The molecule has 1 heterocycles. The molecule has 0 spiro atoms. The van der Waals surface area contributed by atoms with Gasteiger partial charge in [-0.15, -0.1) is 0 Å². The quantitative estimate of drug-likeness (QED) is 0.524. The average Bonchev–Trinajstić information content (AvgIpc) is 2.57. The third kappa shape index (κ3) is 3.36. The van der Waals surface area contributed by atoms with Crippen LogP contribution in [0.3, 0.4) is 0 Å². The summed E-state index contributed by atoms with van der Waals surface area (Å²) in [6.45, 7) is 0.499. The summed E-state index contributed by atoms with van der Waals surface area (Å²) >= 11 is 5.87. The molecule has 0 bridgehead atoms. The van der Waals surface area contributed by atoms with Gasteiger partial charge in [-0.2, -0.15) is 0 Å². The van der Waals surface area contributed by atoms with E-state index in [-0.39, 0.29) is 29.8 Å². The van der Waals surface area contributed by atoms with Crippen LogP contribution in [0.5, 0.6) is 5.75 Å². The number of nitro benzene ring substituents is 1. The van der Waals surface area contributed by atoms with Crippen LogP contribution in [0.15, 0.2) is 53.6 Å². The van der Waals surface area contributed by atoms with Gasteiger partial charge in [0.05, 0.1) is 28.7 Å². The number of ether oxygens (including phenoxy) is 1. The van der Waals surface area contributed by atoms with Gasteiger partial charge < -0.3 is 4.74 Å². The Balaban J connectivity index is 1.80. The largest absolute Gasteiger partial charge is 0.492 e. The van der Waals surface area contributed by atoms with Crippen molar-refractivity contribution in [2.24, 2.45) is 0 Å². The lowest BCUT2D eigenvalue weighted by Crippen LogP contribution is -2.23. The van der Waals surface area contributed by atoms with Crippen LogP contribution in [-0.4, -0.2) is 21.1 Å². The van der Waals surface area contributed by atoms with Gasteiger partial charge in [0.2, 0.25) is 0 Å². The molecule has 0 amide bonds. The van der Waals surface area contributed by atoms with Crippen molar-refractivity contribution in [3.05, 3.63) is 74.3 Å². The average molecular weight is 346 g/mol. The Morgan fingerprint density at radius 2 is 2.08 bits per heavy atom. The Kier molecular flexibility index (Phi) is 4.43. The van der Waals surface area contributed by atoms with Crippen molar-refractivity contribution in [1.29, 1.82) is 0 Å². The minimum absolute atomic E-state index is 0.144. The van der Waals surface area contributed by atoms with Crippen LogP contribution in [0.1, 0.15) is 0 Å². The second-order valence-corrected chi connectivity index (χ2v) is 5.44. The van der Waals surface area contributed by atoms with E-state index >= 15 is 0 Å². The standard InChI is InChI=1S/C16H12ClN3O4/c17-11-2-1-3-13(8-11)24-7-6-19-10-18-15-5-4-12(20(22)23)9-14(15)16(19)21/h1-5,8-10H,6-7H2. The van der Waals surface area contributed by atoms with Crippen LogP contribution in [0.2, 0.25) is 5.02 Å². The SMILES string of the molecule is O=c1c2cc([N+](=O)[O-])ccc2ncn1CCOc1cccc(Cl)c1. The molecule has 0 aliphatic rings. The first-order valence-electron chi connectivity index (χ1n) is 7.06. The lowest BCUT2D eigenvalue weighted by Gasteiger charge is -2.09. The van der Waals surface area contributed by atoms with E-state index < -0.39 is 4.92 Å². The van der Waals surface area contributed by atoms with Crippen molar-refractivity contribution in [2.45, 2.75) is 6.54 Å². The van der Waals surface area contributed by atoms with Gasteiger partial charge in [-0.25, -0.2) is 4.98 Å². The van der Waals surface area contributed by atoms with E-state index in [9.17, 15) is 14.9 Å². The van der Waals surface area contributed by atoms with E-state index in [1.165, 1.54) is 29.1 Å². The topological polar surface area (TPSA) is 87.3 Å². The Morgan fingerprint density at radius 1 is 1.25 bits per heavy atom. The fourth-order valence-corrected chi connectivity index (χ4v) is 2.42. The predicted octanol–water partition coefficient (Wildman–Crippen LogP) is 3.04. The molecule has 3 rings (SSSR count). The van der Waals surface area contributed by atoms with Crippen LogP contribution in [0.4, 0.5) is 5.69 Å². The molecule has 0 saturated heterocycles. The summed E-state index contributed by atoms with van der Waals surface area (Å²) < 4.78 is 6.90. The third-order valence-corrected chi connectivity index (χ3v) is 3.65. The number of rotatable bonds is 5. The minimum Gasteiger partial charge on any atom is -0.492 e. The molecule has 0 fully saturated rings. The zero-order valence-corrected chi connectivity index (χ0v) is 13.1. The second kappa shape index (κ2) is 6.67. The molecule has 0 N–H and O–H groups in total. The van der Waals surface area contributed by atoms with E-state index in [1.807, 2.05) is 0 Å². The van der Waals surface area contributed by atoms with Gasteiger partial charge in [0.25, 0.3) is 11.2 Å². The van der Waals surface area contributed by atoms with Crippen molar-refractivity contribution < 1.29 is 9.66 Å². The molecule has 0 aliphatic heterocycles. The molecule has 0 saturated carbocycles. The molecular weight excluding hydrogens is 334 g/mol. The zero-order valence-electron chi connectivity index (χ0n) is 12.4. The molecule has 24 heavy (non-hydrogen) atoms. The van der Waals surface area contributed by atoms with Crippen molar-refractivity contribution >= 4 is 28.2 Å². The number of nitrogens with zero attached hydrogens (tertiary/aromatic N) is 3. The molecule has 0 aliphatic carbocycles. The van der Waals surface area contributed by atoms with Crippen molar-refractivity contribution in [2.75, 3.05) is 6.61 Å². The summed E-state index contributed by atoms with van der Waals surface area (Å²) in [5.41, 5.74) is -0.0784. The van der Waals surface area contributed by atoms with Gasteiger partial charge in [0, 0.05) is 17.2 Å². The van der Waals surface area contributed by atoms with Crippen molar-refractivity contribution in [3.8, 4) is 5.75 Å². The number of fused-ring (bicyclic) bond motifs is 1. The maximum atomic E-state index is 12.4. The first kappa shape index (κ1) is 15.9. The Bertz CT molecular complexity index is 971. The zero-order chi connectivity index (χ0) is 17.1. The van der Waals surface area contributed by atoms with Crippen molar-refractivity contribution in [1.82, 2.24) is 9.55 Å². The highest BCUT2D eigenvalue weighted by Crippen LogP contribution is 2.18. The molecule has 7 nitrogen and oxygen atoms in total. The number of benzene rings is 2. The highest BCUT2D eigenvalue weighted by Gasteiger charge is 2.10. The summed E-state index contributed by atoms with van der Waals surface area (Å²) in [6, 6.07) is 10.9. The monoisotopic (exact) mass is 345 g/mol. The van der Waals surface area contributed by atoms with Crippen LogP contribution >= 0.6 is 11.6 Å². The number of nitro groups is 1. The van der Waals surface area contributed by atoms with E-state index in [2.05, 4.69) is 4.98 Å². The highest BCUT2D eigenvalue weighted by molar-refractivity contribution is 6.30. The van der Waals surface area contributed by atoms with Crippen LogP contribution in [0.25, 0.3) is 10.9 Å². The highest BCUT2D eigenvalue weighted by atomic mass is 35.5. The summed E-state index contributed by atoms with van der Waals surface area (Å²) in [6.07, 6.45) is 1.40. The van der Waals surface area contributed by atoms with E-state index in [0.717, 1.165) is 0 Å². The number of non-ortho nitro benzene ring substituents is 1. The van der Waals surface area contributed by atoms with Gasteiger partial charge >= 0.3 is 0 Å². The van der Waals surface area contributed by atoms with E-state index in [1.54, 1.807) is 24.3 Å². The van der Waals surface area contributed by atoms with Crippen LogP contribution in [-0.2, 0) is 6.54 Å². The lowest BCUT2D eigenvalue weighted by atomic mass is 10.2. The third-order valence-electron chi connectivity index (χ3n) is 3.42. The fourth-order valence-electron chi connectivity index (χ4n) is 2.24. The van der Waals surface area contributed by atoms with E-state index in [0.29, 0.717) is 16.3 Å². The predicted molar refractivity (Wildman–Crippen MR) is 89.6 cm³/mol. The number of halogens is 1. The molecule has 122 valence electrons. The van der Waals surface area contributed by atoms with Gasteiger partial charge in [-0.3, -0.25) is 19.5 Å². The first-order chi connectivity index (χ1) is 11.5. The summed E-state index contributed by atoms with van der Waals surface area (Å²) in [5.74, 6) is 0.597. The number of hydrogen-bond donors (Lipinski definition) is 0. The molecule has 1 aromatic heterocycles. The fraction of sp³-hybridized carbons (Fsp3) is 0.125. The maximum Gasteiger partial charge on any atom is 0.270 e. The summed E-state index contributed by atoms with van der Waals surface area (Å²) in [5, 5.41) is 11.6. The van der Waals surface area contributed by atoms with Gasteiger partial charge in [0.1, 0.15) is 12.4 Å². The summed E-state index contributed by atoms with van der Waals surface area (Å²) in [7, 11) is 0. The van der Waals surface area contributed by atoms with Crippen LogP contribution in [0, 0.1) is 10.1 Å². The molecule has 8 heteroatoms. The molecule has 0 unspecified atom stereocenters. The minimum atomic E-state index is -0.543. The molecule has 0 atom stereocenters. The summed E-state index contributed by atoms with van der Waals surface area (Å²) in [4.78, 5) is 26.9. The molecular formula is C16H12ClN3O4. The second-order valence-electron chi connectivity index (χ2n) is 5.01. The normalized spacial score (nSPS) is 10.7. The van der Waals surface area contributed by atoms with Gasteiger partial charge in [-0.05, 0) is 24.3 Å². The van der Waals surface area contributed by atoms with Crippen LogP contribution < -0.4 is 10.3 Å². The molecule has 3 aromatic rings. The van der Waals surface area contributed by atoms with Gasteiger partial charge in [0.15, 0.2) is 0 Å². The first-order valence-corrected chi connectivity index (χ1v) is 7.44. The lowest BCUT2D eigenvalue weighted by molar-refractivity contribution is -0.384. The smallest absolute Gasteiger partial charge is 0.270 e. The number of hydrogen-bond acceptors (Lipinski definition) is 5. The van der Waals surface area contributed by atoms with Crippen molar-refractivity contribution in [3.63, 3.8) is 0 Å². The number of aromatic nitrogens is 2. The molecule has 2 aromatic carbocycles. The Labute approximate surface area is 141 Å². The van der Waals surface area contributed by atoms with Gasteiger partial charge in [-0.1, -0.05) is 17.7 Å². The van der Waals surface area contributed by atoms with E-state index in [4.69, 9.17) is 16.3 Å². The maximum absolute atomic E-state index is 12.4. The Morgan fingerprint density at radius 3 is 2.83 bits per heavy atom.